The second kappa shape index (κ2) is 15.6. The number of amides is 2. The number of anilines is 1. The summed E-state index contributed by atoms with van der Waals surface area (Å²) in [4.78, 5) is 30.2. The summed E-state index contributed by atoms with van der Waals surface area (Å²) in [6.45, 7) is 9.18. The minimum absolute atomic E-state index is 0.0831. The smallest absolute Gasteiger partial charge is 0.264 e. The highest BCUT2D eigenvalue weighted by molar-refractivity contribution is 9.10. The predicted octanol–water partition coefficient (Wildman–Crippen LogP) is 7.12. The lowest BCUT2D eigenvalue weighted by atomic mass is 10.0. The van der Waals surface area contributed by atoms with Crippen LogP contribution in [0.25, 0.3) is 0 Å². The second-order valence-corrected chi connectivity index (χ2v) is 14.6. The molecule has 0 aliphatic rings. The molecule has 242 valence electrons. The number of carbonyl (C=O) groups excluding carboxylic acids is 2. The Morgan fingerprint density at radius 3 is 2.11 bits per heavy atom. The van der Waals surface area contributed by atoms with E-state index in [1.165, 1.54) is 9.21 Å². The van der Waals surface area contributed by atoms with Crippen LogP contribution in [0.5, 0.6) is 0 Å². The fraction of sp³-hybridized carbons (Fsp3) is 0.297. The molecule has 9 heteroatoms. The molecule has 0 aliphatic heterocycles. The lowest BCUT2D eigenvalue weighted by molar-refractivity contribution is -0.140. The lowest BCUT2D eigenvalue weighted by Crippen LogP contribution is -2.54. The Labute approximate surface area is 281 Å². The Morgan fingerprint density at radius 1 is 0.826 bits per heavy atom. The van der Waals surface area contributed by atoms with Gasteiger partial charge in [0.1, 0.15) is 12.6 Å². The molecular weight excluding hydrogens is 662 g/mol. The molecular formula is C37H42BrN3O4S. The number of hydrogen-bond donors (Lipinski definition) is 1. The zero-order valence-corrected chi connectivity index (χ0v) is 29.4. The molecule has 0 heterocycles. The van der Waals surface area contributed by atoms with Crippen molar-refractivity contribution in [2.45, 2.75) is 71.0 Å². The Bertz CT molecular complexity index is 1760. The van der Waals surface area contributed by atoms with E-state index < -0.39 is 28.5 Å². The third kappa shape index (κ3) is 8.85. The van der Waals surface area contributed by atoms with Gasteiger partial charge in [-0.05, 0) is 81.1 Å². The summed E-state index contributed by atoms with van der Waals surface area (Å²) in [7, 11) is -4.16. The number of hydrogen-bond acceptors (Lipinski definition) is 4. The first kappa shape index (κ1) is 34.9. The molecule has 4 aromatic carbocycles. The molecule has 0 saturated heterocycles. The van der Waals surface area contributed by atoms with Crippen LogP contribution in [-0.2, 0) is 32.6 Å². The van der Waals surface area contributed by atoms with Gasteiger partial charge in [0, 0.05) is 23.5 Å². The van der Waals surface area contributed by atoms with Crippen LogP contribution in [0, 0.1) is 20.8 Å². The SMILES string of the molecule is CC[C@H](C)NC(=O)[C@H](Cc1ccccc1)N(Cc1cccc(Br)c1)C(=O)CN(c1ccc(C)cc1C)S(=O)(=O)c1ccc(C)cc1. The van der Waals surface area contributed by atoms with Crippen LogP contribution in [0.1, 0.15) is 48.1 Å². The lowest BCUT2D eigenvalue weighted by Gasteiger charge is -2.34. The third-order valence-corrected chi connectivity index (χ3v) is 10.3. The van der Waals surface area contributed by atoms with Crippen LogP contribution in [0.3, 0.4) is 0 Å². The number of nitrogens with zero attached hydrogens (tertiary/aromatic N) is 2. The molecule has 4 aromatic rings. The highest BCUT2D eigenvalue weighted by Gasteiger charge is 2.35. The van der Waals surface area contributed by atoms with E-state index in [0.717, 1.165) is 38.7 Å². The van der Waals surface area contributed by atoms with Crippen molar-refractivity contribution in [2.75, 3.05) is 10.8 Å². The van der Waals surface area contributed by atoms with Gasteiger partial charge >= 0.3 is 0 Å². The van der Waals surface area contributed by atoms with Crippen LogP contribution in [0.2, 0.25) is 0 Å². The molecule has 0 bridgehead atoms. The van der Waals surface area contributed by atoms with E-state index in [4.69, 9.17) is 0 Å². The number of nitrogens with one attached hydrogen (secondary N) is 1. The van der Waals surface area contributed by atoms with E-state index in [1.807, 2.05) is 101 Å². The average molecular weight is 705 g/mol. The van der Waals surface area contributed by atoms with Crippen LogP contribution >= 0.6 is 15.9 Å². The van der Waals surface area contributed by atoms with E-state index >= 15 is 0 Å². The summed E-state index contributed by atoms with van der Waals surface area (Å²) in [6.07, 6.45) is 0.982. The number of halogens is 1. The first-order valence-electron chi connectivity index (χ1n) is 15.4. The zero-order chi connectivity index (χ0) is 33.4. The summed E-state index contributed by atoms with van der Waals surface area (Å²) in [5.74, 6) is -0.781. The number of sulfonamides is 1. The van der Waals surface area contributed by atoms with Crippen molar-refractivity contribution in [2.24, 2.45) is 0 Å². The minimum Gasteiger partial charge on any atom is -0.352 e. The second-order valence-electron chi connectivity index (χ2n) is 11.8. The molecule has 0 aromatic heterocycles. The Balaban J connectivity index is 1.83. The van der Waals surface area contributed by atoms with Crippen molar-refractivity contribution >= 4 is 43.5 Å². The Kier molecular flexibility index (Phi) is 11.8. The van der Waals surface area contributed by atoms with Gasteiger partial charge in [0.25, 0.3) is 10.0 Å². The van der Waals surface area contributed by atoms with Gasteiger partial charge < -0.3 is 10.2 Å². The van der Waals surface area contributed by atoms with Crippen molar-refractivity contribution in [1.82, 2.24) is 10.2 Å². The van der Waals surface area contributed by atoms with E-state index in [0.29, 0.717) is 5.69 Å². The summed E-state index contributed by atoms with van der Waals surface area (Å²) in [5.41, 5.74) is 4.71. The molecule has 46 heavy (non-hydrogen) atoms. The molecule has 1 N–H and O–H groups in total. The highest BCUT2D eigenvalue weighted by atomic mass is 79.9. The van der Waals surface area contributed by atoms with E-state index in [-0.39, 0.29) is 29.8 Å². The maximum absolute atomic E-state index is 14.6. The monoisotopic (exact) mass is 703 g/mol. The molecule has 0 fully saturated rings. The van der Waals surface area contributed by atoms with Crippen LogP contribution < -0.4 is 9.62 Å². The zero-order valence-electron chi connectivity index (χ0n) is 27.0. The normalized spacial score (nSPS) is 12.7. The maximum Gasteiger partial charge on any atom is 0.264 e. The van der Waals surface area contributed by atoms with Crippen LogP contribution in [0.4, 0.5) is 5.69 Å². The molecule has 4 rings (SSSR count). The number of carbonyl (C=O) groups is 2. The van der Waals surface area contributed by atoms with Crippen molar-refractivity contribution in [3.63, 3.8) is 0 Å². The van der Waals surface area contributed by atoms with Gasteiger partial charge in [0.15, 0.2) is 0 Å². The molecule has 2 atom stereocenters. The topological polar surface area (TPSA) is 86.8 Å². The van der Waals surface area contributed by atoms with E-state index in [2.05, 4.69) is 21.2 Å². The van der Waals surface area contributed by atoms with Gasteiger partial charge in [-0.25, -0.2) is 8.42 Å². The van der Waals surface area contributed by atoms with Gasteiger partial charge in [-0.2, -0.15) is 0 Å². The fourth-order valence-electron chi connectivity index (χ4n) is 5.26. The maximum atomic E-state index is 14.6. The Hall–Kier alpha value is -3.95. The van der Waals surface area contributed by atoms with Crippen LogP contribution in [-0.4, -0.2) is 43.8 Å². The molecule has 2 amide bonds. The summed E-state index contributed by atoms with van der Waals surface area (Å²) in [6, 6.07) is 28.2. The quantitative estimate of drug-likeness (QED) is 0.161. The first-order valence-corrected chi connectivity index (χ1v) is 17.7. The fourth-order valence-corrected chi connectivity index (χ4v) is 7.19. The minimum atomic E-state index is -4.16. The largest absolute Gasteiger partial charge is 0.352 e. The molecule has 0 radical (unpaired) electrons. The Morgan fingerprint density at radius 2 is 1.48 bits per heavy atom. The summed E-state index contributed by atoms with van der Waals surface area (Å²) in [5, 5.41) is 3.07. The standard InChI is InChI=1S/C37H42BrN3O4S/c1-6-29(5)39-37(43)35(23-30-11-8-7-9-12-30)40(24-31-13-10-14-32(38)22-31)36(42)25-41(34-20-17-27(3)21-28(34)4)46(44,45)33-18-15-26(2)16-19-33/h7-22,29,35H,6,23-25H2,1-5H3,(H,39,43)/t29-,35-/m0/s1. The van der Waals surface area contributed by atoms with Gasteiger partial charge in [-0.1, -0.05) is 101 Å². The van der Waals surface area contributed by atoms with E-state index in [9.17, 15) is 18.0 Å². The van der Waals surface area contributed by atoms with Gasteiger partial charge in [0.2, 0.25) is 11.8 Å². The summed E-state index contributed by atoms with van der Waals surface area (Å²) >= 11 is 3.52. The van der Waals surface area contributed by atoms with E-state index in [1.54, 1.807) is 30.3 Å². The summed E-state index contributed by atoms with van der Waals surface area (Å²) < 4.78 is 30.6. The molecule has 0 spiro atoms. The van der Waals surface area contributed by atoms with Crippen LogP contribution in [0.15, 0.2) is 106 Å². The number of rotatable bonds is 13. The number of benzene rings is 4. The molecule has 7 nitrogen and oxygen atoms in total. The molecule has 0 aliphatic carbocycles. The average Bonchev–Trinajstić information content (AvgIpc) is 3.02. The predicted molar refractivity (Wildman–Crippen MR) is 188 cm³/mol. The first-order chi connectivity index (χ1) is 21.9. The van der Waals surface area contributed by atoms with Crippen molar-refractivity contribution < 1.29 is 18.0 Å². The number of aryl methyl sites for hydroxylation is 3. The van der Waals surface area contributed by atoms with Crippen molar-refractivity contribution in [3.05, 3.63) is 129 Å². The van der Waals surface area contributed by atoms with Gasteiger partial charge in [-0.3, -0.25) is 13.9 Å². The highest BCUT2D eigenvalue weighted by Crippen LogP contribution is 2.29. The van der Waals surface area contributed by atoms with Crippen molar-refractivity contribution in [3.8, 4) is 0 Å². The molecule has 0 unspecified atom stereocenters. The third-order valence-electron chi connectivity index (χ3n) is 8.02. The molecule has 0 saturated carbocycles. The van der Waals surface area contributed by atoms with Gasteiger partial charge in [0.05, 0.1) is 10.6 Å². The van der Waals surface area contributed by atoms with Gasteiger partial charge in [-0.15, -0.1) is 0 Å². The van der Waals surface area contributed by atoms with Crippen molar-refractivity contribution in [1.29, 1.82) is 0 Å².